The molecule has 0 radical (unpaired) electrons. The highest BCUT2D eigenvalue weighted by atomic mass is 35.5. The van der Waals surface area contributed by atoms with Gasteiger partial charge in [0.05, 0.1) is 23.3 Å². The average Bonchev–Trinajstić information content (AvgIpc) is 2.66. The Morgan fingerprint density at radius 3 is 2.46 bits per heavy atom. The molecule has 0 aliphatic carbocycles. The lowest BCUT2D eigenvalue weighted by molar-refractivity contribution is -0.122. The van der Waals surface area contributed by atoms with Crippen molar-refractivity contribution in [2.24, 2.45) is 0 Å². The molecule has 0 spiro atoms. The number of carbonyl (C=O) groups excluding carboxylic acids is 1. The van der Waals surface area contributed by atoms with Crippen LogP contribution in [0.25, 0.3) is 0 Å². The SMILES string of the molecule is C[C@H](Oc1ccc(Cl)c(Cl)c1)C(=O)Nc1ccc(N2CCOCC2)cc1. The van der Waals surface area contributed by atoms with Crippen LogP contribution in [0.1, 0.15) is 6.92 Å². The number of amides is 1. The normalized spacial score (nSPS) is 15.4. The molecule has 1 amide bonds. The molecule has 1 aliphatic heterocycles. The van der Waals surface area contributed by atoms with E-state index in [0.717, 1.165) is 37.7 Å². The van der Waals surface area contributed by atoms with E-state index in [-0.39, 0.29) is 5.91 Å². The standard InChI is InChI=1S/C19H20Cl2N2O3/c1-13(26-16-6-7-17(20)18(21)12-16)19(24)22-14-2-4-15(5-3-14)23-8-10-25-11-9-23/h2-7,12-13H,8-11H2,1H3,(H,22,24)/t13-/m0/s1. The molecule has 1 saturated heterocycles. The summed E-state index contributed by atoms with van der Waals surface area (Å²) in [6.45, 7) is 4.91. The first-order valence-corrected chi connectivity index (χ1v) is 9.14. The Hall–Kier alpha value is -1.95. The molecule has 0 saturated carbocycles. The Labute approximate surface area is 162 Å². The van der Waals surface area contributed by atoms with Gasteiger partial charge < -0.3 is 19.7 Å². The van der Waals surface area contributed by atoms with Crippen LogP contribution in [-0.4, -0.2) is 38.3 Å². The van der Waals surface area contributed by atoms with Crippen molar-refractivity contribution in [2.45, 2.75) is 13.0 Å². The molecule has 1 atom stereocenters. The van der Waals surface area contributed by atoms with Crippen molar-refractivity contribution < 1.29 is 14.3 Å². The van der Waals surface area contributed by atoms with Gasteiger partial charge in [-0.15, -0.1) is 0 Å². The second-order valence-electron chi connectivity index (χ2n) is 5.97. The van der Waals surface area contributed by atoms with E-state index in [1.807, 2.05) is 24.3 Å². The Morgan fingerprint density at radius 1 is 1.12 bits per heavy atom. The molecule has 3 rings (SSSR count). The van der Waals surface area contributed by atoms with Gasteiger partial charge in [0.25, 0.3) is 5.91 Å². The Bertz CT molecular complexity index is 762. The van der Waals surface area contributed by atoms with Gasteiger partial charge in [0.1, 0.15) is 5.75 Å². The van der Waals surface area contributed by atoms with Gasteiger partial charge in [-0.25, -0.2) is 0 Å². The molecule has 5 nitrogen and oxygen atoms in total. The van der Waals surface area contributed by atoms with Gasteiger partial charge in [0.15, 0.2) is 6.10 Å². The van der Waals surface area contributed by atoms with E-state index in [4.69, 9.17) is 32.7 Å². The van der Waals surface area contributed by atoms with E-state index in [0.29, 0.717) is 15.8 Å². The molecule has 1 aliphatic rings. The fourth-order valence-electron chi connectivity index (χ4n) is 2.63. The van der Waals surface area contributed by atoms with Gasteiger partial charge in [-0.2, -0.15) is 0 Å². The molecule has 1 N–H and O–H groups in total. The lowest BCUT2D eigenvalue weighted by Crippen LogP contribution is -2.36. The number of nitrogens with one attached hydrogen (secondary N) is 1. The van der Waals surface area contributed by atoms with Crippen LogP contribution >= 0.6 is 23.2 Å². The number of hydrogen-bond donors (Lipinski definition) is 1. The number of hydrogen-bond acceptors (Lipinski definition) is 4. The van der Waals surface area contributed by atoms with Crippen LogP contribution in [-0.2, 0) is 9.53 Å². The predicted molar refractivity (Wildman–Crippen MR) is 105 cm³/mol. The van der Waals surface area contributed by atoms with E-state index in [1.54, 1.807) is 25.1 Å². The molecule has 0 aromatic heterocycles. The van der Waals surface area contributed by atoms with Gasteiger partial charge in [-0.3, -0.25) is 4.79 Å². The maximum Gasteiger partial charge on any atom is 0.265 e. The molecule has 2 aromatic rings. The first-order valence-electron chi connectivity index (χ1n) is 8.38. The molecule has 1 fully saturated rings. The van der Waals surface area contributed by atoms with Crippen molar-refractivity contribution in [1.82, 2.24) is 0 Å². The lowest BCUT2D eigenvalue weighted by Gasteiger charge is -2.29. The van der Waals surface area contributed by atoms with Gasteiger partial charge in [-0.05, 0) is 43.3 Å². The second-order valence-corrected chi connectivity index (χ2v) is 6.79. The fraction of sp³-hybridized carbons (Fsp3) is 0.316. The Kier molecular flexibility index (Phi) is 6.25. The van der Waals surface area contributed by atoms with Crippen LogP contribution in [0.5, 0.6) is 5.75 Å². The molecular formula is C19H20Cl2N2O3. The third kappa shape index (κ3) is 4.81. The summed E-state index contributed by atoms with van der Waals surface area (Å²) in [6.07, 6.45) is -0.675. The van der Waals surface area contributed by atoms with Crippen molar-refractivity contribution in [3.05, 3.63) is 52.5 Å². The number of halogens is 2. The second kappa shape index (κ2) is 8.62. The van der Waals surface area contributed by atoms with Crippen LogP contribution in [0.4, 0.5) is 11.4 Å². The minimum atomic E-state index is -0.675. The molecule has 138 valence electrons. The molecule has 0 unspecified atom stereocenters. The summed E-state index contributed by atoms with van der Waals surface area (Å²) in [5, 5.41) is 3.68. The van der Waals surface area contributed by atoms with Crippen molar-refractivity contribution in [3.63, 3.8) is 0 Å². The third-order valence-electron chi connectivity index (χ3n) is 4.08. The van der Waals surface area contributed by atoms with Crippen LogP contribution in [0.15, 0.2) is 42.5 Å². The predicted octanol–water partition coefficient (Wildman–Crippen LogP) is 4.24. The van der Waals surface area contributed by atoms with E-state index in [9.17, 15) is 4.79 Å². The zero-order chi connectivity index (χ0) is 18.5. The summed E-state index contributed by atoms with van der Waals surface area (Å²) in [6, 6.07) is 12.6. The first kappa shape index (κ1) is 18.8. The van der Waals surface area contributed by atoms with E-state index >= 15 is 0 Å². The number of benzene rings is 2. The summed E-state index contributed by atoms with van der Waals surface area (Å²) in [4.78, 5) is 14.6. The number of nitrogens with zero attached hydrogens (tertiary/aromatic N) is 1. The quantitative estimate of drug-likeness (QED) is 0.823. The van der Waals surface area contributed by atoms with Crippen molar-refractivity contribution >= 4 is 40.5 Å². The van der Waals surface area contributed by atoms with E-state index in [2.05, 4.69) is 10.2 Å². The average molecular weight is 395 g/mol. The van der Waals surface area contributed by atoms with Crippen LogP contribution in [0.3, 0.4) is 0 Å². The van der Waals surface area contributed by atoms with Gasteiger partial charge in [0, 0.05) is 30.5 Å². The maximum atomic E-state index is 12.3. The lowest BCUT2D eigenvalue weighted by atomic mass is 10.2. The molecule has 26 heavy (non-hydrogen) atoms. The van der Waals surface area contributed by atoms with Gasteiger partial charge in [-0.1, -0.05) is 23.2 Å². The summed E-state index contributed by atoms with van der Waals surface area (Å²) in [5.41, 5.74) is 1.84. The van der Waals surface area contributed by atoms with Gasteiger partial charge in [0.2, 0.25) is 0 Å². The minimum absolute atomic E-state index is 0.241. The Balaban J connectivity index is 1.57. The zero-order valence-electron chi connectivity index (χ0n) is 14.4. The van der Waals surface area contributed by atoms with E-state index in [1.165, 1.54) is 0 Å². The summed E-state index contributed by atoms with van der Waals surface area (Å²) >= 11 is 11.8. The molecule has 0 bridgehead atoms. The monoisotopic (exact) mass is 394 g/mol. The van der Waals surface area contributed by atoms with Gasteiger partial charge >= 0.3 is 0 Å². The number of rotatable bonds is 5. The smallest absolute Gasteiger partial charge is 0.265 e. The third-order valence-corrected chi connectivity index (χ3v) is 4.82. The number of carbonyl (C=O) groups is 1. The Morgan fingerprint density at radius 2 is 1.81 bits per heavy atom. The van der Waals surface area contributed by atoms with E-state index < -0.39 is 6.10 Å². The molecule has 7 heteroatoms. The highest BCUT2D eigenvalue weighted by Crippen LogP contribution is 2.27. The zero-order valence-corrected chi connectivity index (χ0v) is 15.9. The fourth-order valence-corrected chi connectivity index (χ4v) is 2.92. The highest BCUT2D eigenvalue weighted by Gasteiger charge is 2.16. The van der Waals surface area contributed by atoms with Crippen LogP contribution < -0.4 is 15.0 Å². The number of anilines is 2. The summed E-state index contributed by atoms with van der Waals surface area (Å²) < 4.78 is 11.0. The molecule has 2 aromatic carbocycles. The largest absolute Gasteiger partial charge is 0.481 e. The highest BCUT2D eigenvalue weighted by molar-refractivity contribution is 6.42. The topological polar surface area (TPSA) is 50.8 Å². The van der Waals surface area contributed by atoms with Crippen LogP contribution in [0, 0.1) is 0 Å². The minimum Gasteiger partial charge on any atom is -0.481 e. The molecule has 1 heterocycles. The van der Waals surface area contributed by atoms with Crippen molar-refractivity contribution in [1.29, 1.82) is 0 Å². The number of morpholine rings is 1. The number of ether oxygens (including phenoxy) is 2. The van der Waals surface area contributed by atoms with Crippen molar-refractivity contribution in [3.8, 4) is 5.75 Å². The van der Waals surface area contributed by atoms with Crippen molar-refractivity contribution in [2.75, 3.05) is 36.5 Å². The summed E-state index contributed by atoms with van der Waals surface area (Å²) in [5.74, 6) is 0.250. The molecular weight excluding hydrogens is 375 g/mol. The maximum absolute atomic E-state index is 12.3. The first-order chi connectivity index (χ1) is 12.5. The van der Waals surface area contributed by atoms with Crippen LogP contribution in [0.2, 0.25) is 10.0 Å². The summed E-state index contributed by atoms with van der Waals surface area (Å²) in [7, 11) is 0.